The Morgan fingerprint density at radius 2 is 1.89 bits per heavy atom. The Balaban J connectivity index is 1.73. The first-order chi connectivity index (χ1) is 13.6. The minimum absolute atomic E-state index is 0.180. The number of nitrogens with one attached hydrogen (secondary N) is 1. The van der Waals surface area contributed by atoms with E-state index in [1.807, 2.05) is 24.3 Å². The predicted molar refractivity (Wildman–Crippen MR) is 108 cm³/mol. The van der Waals surface area contributed by atoms with Gasteiger partial charge in [-0.3, -0.25) is 4.79 Å². The quantitative estimate of drug-likeness (QED) is 0.613. The van der Waals surface area contributed by atoms with E-state index in [0.29, 0.717) is 40.3 Å². The summed E-state index contributed by atoms with van der Waals surface area (Å²) in [5.41, 5.74) is 1.60. The number of fused-ring (bicyclic) bond motifs is 1. The second-order valence-electron chi connectivity index (χ2n) is 6.15. The van der Waals surface area contributed by atoms with Crippen LogP contribution in [0.5, 0.6) is 11.5 Å². The summed E-state index contributed by atoms with van der Waals surface area (Å²) in [7, 11) is 4.70. The van der Waals surface area contributed by atoms with E-state index < -0.39 is 0 Å². The van der Waals surface area contributed by atoms with Gasteiger partial charge >= 0.3 is 0 Å². The Morgan fingerprint density at radius 3 is 2.61 bits per heavy atom. The van der Waals surface area contributed by atoms with Crippen LogP contribution >= 0.6 is 11.3 Å². The Morgan fingerprint density at radius 1 is 1.11 bits per heavy atom. The van der Waals surface area contributed by atoms with Gasteiger partial charge in [-0.2, -0.15) is 0 Å². The molecule has 1 amide bonds. The van der Waals surface area contributed by atoms with E-state index in [1.54, 1.807) is 20.3 Å². The van der Waals surface area contributed by atoms with Crippen LogP contribution in [0, 0.1) is 5.82 Å². The molecule has 1 N–H and O–H groups in total. The third-order valence-electron chi connectivity index (χ3n) is 4.41. The number of hydrogen-bond donors (Lipinski definition) is 1. The van der Waals surface area contributed by atoms with Crippen LogP contribution < -0.4 is 14.8 Å². The highest BCUT2D eigenvalue weighted by Crippen LogP contribution is 2.33. The molecular formula is C21H22FNO4S. The summed E-state index contributed by atoms with van der Waals surface area (Å²) in [6.07, 6.45) is 0.630. The minimum Gasteiger partial charge on any atom is -0.493 e. The standard InChI is InChI=1S/C21H22FNO4S/c1-25-12-14-19-15(22)5-4-6-18(19)28-20(14)21(24)23-10-9-13-7-8-16(26-2)17(11-13)27-3/h4-8,11H,9-10,12H2,1-3H3,(H,23,24). The summed E-state index contributed by atoms with van der Waals surface area (Å²) in [4.78, 5) is 13.2. The zero-order valence-electron chi connectivity index (χ0n) is 16.0. The zero-order valence-corrected chi connectivity index (χ0v) is 16.8. The van der Waals surface area contributed by atoms with Gasteiger partial charge < -0.3 is 19.5 Å². The van der Waals surface area contributed by atoms with Crippen LogP contribution in [0.3, 0.4) is 0 Å². The Kier molecular flexibility index (Phi) is 6.49. The molecule has 0 atom stereocenters. The number of amides is 1. The molecule has 1 heterocycles. The average molecular weight is 403 g/mol. The molecular weight excluding hydrogens is 381 g/mol. The number of carbonyl (C=O) groups excluding carboxylic acids is 1. The molecule has 0 aliphatic heterocycles. The van der Waals surface area contributed by atoms with Crippen molar-refractivity contribution in [3.05, 3.63) is 58.2 Å². The van der Waals surface area contributed by atoms with E-state index in [4.69, 9.17) is 14.2 Å². The van der Waals surface area contributed by atoms with Crippen LogP contribution in [0.25, 0.3) is 10.1 Å². The molecule has 3 aromatic rings. The minimum atomic E-state index is -0.342. The third-order valence-corrected chi connectivity index (χ3v) is 5.60. The van der Waals surface area contributed by atoms with Crippen LogP contribution in [0.15, 0.2) is 36.4 Å². The molecule has 0 bridgehead atoms. The van der Waals surface area contributed by atoms with Crippen molar-refractivity contribution >= 4 is 27.3 Å². The molecule has 1 aromatic heterocycles. The largest absolute Gasteiger partial charge is 0.493 e. The molecule has 28 heavy (non-hydrogen) atoms. The van der Waals surface area contributed by atoms with Gasteiger partial charge in [-0.15, -0.1) is 11.3 Å². The molecule has 0 aliphatic carbocycles. The number of ether oxygens (including phenoxy) is 3. The molecule has 0 radical (unpaired) electrons. The first-order valence-electron chi connectivity index (χ1n) is 8.77. The second kappa shape index (κ2) is 9.03. The summed E-state index contributed by atoms with van der Waals surface area (Å²) >= 11 is 1.27. The highest BCUT2D eigenvalue weighted by Gasteiger charge is 2.20. The Hall–Kier alpha value is -2.64. The van der Waals surface area contributed by atoms with E-state index in [-0.39, 0.29) is 18.3 Å². The summed E-state index contributed by atoms with van der Waals surface area (Å²) in [5, 5.41) is 3.37. The van der Waals surface area contributed by atoms with Gasteiger partial charge in [0, 0.05) is 29.3 Å². The number of thiophene rings is 1. The monoisotopic (exact) mass is 403 g/mol. The predicted octanol–water partition coefficient (Wildman–Crippen LogP) is 4.18. The normalized spacial score (nSPS) is 10.9. The molecule has 0 saturated carbocycles. The number of rotatable bonds is 8. The lowest BCUT2D eigenvalue weighted by atomic mass is 10.1. The number of hydrogen-bond acceptors (Lipinski definition) is 5. The van der Waals surface area contributed by atoms with Crippen LogP contribution in [0.2, 0.25) is 0 Å². The fraction of sp³-hybridized carbons (Fsp3) is 0.286. The fourth-order valence-corrected chi connectivity index (χ4v) is 4.21. The average Bonchev–Trinajstić information content (AvgIpc) is 3.08. The van der Waals surface area contributed by atoms with Gasteiger partial charge in [0.2, 0.25) is 0 Å². The van der Waals surface area contributed by atoms with Crippen LogP contribution in [-0.2, 0) is 17.8 Å². The van der Waals surface area contributed by atoms with Crippen molar-refractivity contribution in [3.8, 4) is 11.5 Å². The Bertz CT molecular complexity index is 986. The zero-order chi connectivity index (χ0) is 20.1. The van der Waals surface area contributed by atoms with Crippen LogP contribution in [0.4, 0.5) is 4.39 Å². The molecule has 0 aliphatic rings. The number of halogens is 1. The topological polar surface area (TPSA) is 56.8 Å². The second-order valence-corrected chi connectivity index (χ2v) is 7.20. The maximum atomic E-state index is 14.3. The first-order valence-corrected chi connectivity index (χ1v) is 9.58. The molecule has 0 fully saturated rings. The maximum Gasteiger partial charge on any atom is 0.261 e. The molecule has 0 saturated heterocycles. The smallest absolute Gasteiger partial charge is 0.261 e. The molecule has 148 valence electrons. The van der Waals surface area contributed by atoms with E-state index in [9.17, 15) is 9.18 Å². The molecule has 0 unspecified atom stereocenters. The van der Waals surface area contributed by atoms with Gasteiger partial charge in [-0.1, -0.05) is 12.1 Å². The van der Waals surface area contributed by atoms with Crippen molar-refractivity contribution in [3.63, 3.8) is 0 Å². The van der Waals surface area contributed by atoms with Crippen molar-refractivity contribution in [1.82, 2.24) is 5.32 Å². The van der Waals surface area contributed by atoms with Crippen molar-refractivity contribution in [1.29, 1.82) is 0 Å². The summed E-state index contributed by atoms with van der Waals surface area (Å²) in [5.74, 6) is 0.735. The third kappa shape index (κ3) is 4.10. The lowest BCUT2D eigenvalue weighted by Gasteiger charge is -2.10. The summed E-state index contributed by atoms with van der Waals surface area (Å²) in [6.45, 7) is 0.622. The van der Waals surface area contributed by atoms with Gasteiger partial charge in [0.05, 0.1) is 25.7 Å². The first kappa shape index (κ1) is 20.1. The lowest BCUT2D eigenvalue weighted by Crippen LogP contribution is -2.25. The van der Waals surface area contributed by atoms with E-state index in [2.05, 4.69) is 5.32 Å². The van der Waals surface area contributed by atoms with E-state index in [1.165, 1.54) is 24.5 Å². The molecule has 3 rings (SSSR count). The van der Waals surface area contributed by atoms with Crippen molar-refractivity contribution in [2.75, 3.05) is 27.9 Å². The number of benzene rings is 2. The van der Waals surface area contributed by atoms with E-state index >= 15 is 0 Å². The van der Waals surface area contributed by atoms with E-state index in [0.717, 1.165) is 10.3 Å². The summed E-state index contributed by atoms with van der Waals surface area (Å²) < 4.78 is 30.7. The lowest BCUT2D eigenvalue weighted by molar-refractivity contribution is 0.0954. The van der Waals surface area contributed by atoms with Crippen molar-refractivity contribution in [2.24, 2.45) is 0 Å². The molecule has 5 nitrogen and oxygen atoms in total. The van der Waals surface area contributed by atoms with Gasteiger partial charge in [-0.25, -0.2) is 4.39 Å². The van der Waals surface area contributed by atoms with Crippen molar-refractivity contribution in [2.45, 2.75) is 13.0 Å². The van der Waals surface area contributed by atoms with Gasteiger partial charge in [0.1, 0.15) is 5.82 Å². The summed E-state index contributed by atoms with van der Waals surface area (Å²) in [6, 6.07) is 10.5. The van der Waals surface area contributed by atoms with Crippen molar-refractivity contribution < 1.29 is 23.4 Å². The highest BCUT2D eigenvalue weighted by atomic mass is 32.1. The maximum absolute atomic E-state index is 14.3. The SMILES string of the molecule is COCc1c(C(=O)NCCc2ccc(OC)c(OC)c2)sc2cccc(F)c12. The van der Waals surface area contributed by atoms with Gasteiger partial charge in [-0.05, 0) is 36.2 Å². The molecule has 2 aromatic carbocycles. The highest BCUT2D eigenvalue weighted by molar-refractivity contribution is 7.21. The fourth-order valence-electron chi connectivity index (χ4n) is 3.07. The Labute approximate surface area is 167 Å². The van der Waals surface area contributed by atoms with Gasteiger partial charge in [0.25, 0.3) is 5.91 Å². The number of carbonyl (C=O) groups is 1. The van der Waals surface area contributed by atoms with Crippen LogP contribution in [-0.4, -0.2) is 33.8 Å². The number of methoxy groups -OCH3 is 3. The molecule has 0 spiro atoms. The van der Waals surface area contributed by atoms with Crippen LogP contribution in [0.1, 0.15) is 20.8 Å². The van der Waals surface area contributed by atoms with Gasteiger partial charge in [0.15, 0.2) is 11.5 Å². The molecule has 7 heteroatoms.